The standard InChI is InChI=1S/C31H26IN3O3/c1-19-10-12-25(13-11-19)35-30(37)27(29(36)34(31(35)38)24-8-6-5-7-9-24)18-23-17-21(3)33(22(23)4)26-14-15-28(32)20(2)16-26/h5-18H,1-4H3/b27-18-. The van der Waals surface area contributed by atoms with E-state index in [0.717, 1.165) is 38.0 Å². The zero-order chi connectivity index (χ0) is 27.1. The number of hydrogen-bond acceptors (Lipinski definition) is 3. The van der Waals surface area contributed by atoms with Crippen LogP contribution < -0.4 is 9.80 Å². The Labute approximate surface area is 235 Å². The molecule has 2 heterocycles. The minimum atomic E-state index is -0.702. The van der Waals surface area contributed by atoms with Gasteiger partial charge in [-0.15, -0.1) is 0 Å². The van der Waals surface area contributed by atoms with Gasteiger partial charge in [0.1, 0.15) is 5.57 Å². The van der Waals surface area contributed by atoms with Gasteiger partial charge >= 0.3 is 6.03 Å². The van der Waals surface area contributed by atoms with Crippen LogP contribution in [0.1, 0.15) is 28.1 Å². The normalized spacial score (nSPS) is 15.1. The summed E-state index contributed by atoms with van der Waals surface area (Å²) < 4.78 is 3.28. The van der Waals surface area contributed by atoms with Crippen LogP contribution in [0.3, 0.4) is 0 Å². The summed E-state index contributed by atoms with van der Waals surface area (Å²) in [6.07, 6.45) is 1.60. The van der Waals surface area contributed by atoms with E-state index >= 15 is 0 Å². The zero-order valence-corrected chi connectivity index (χ0v) is 23.7. The van der Waals surface area contributed by atoms with Crippen molar-refractivity contribution in [2.75, 3.05) is 9.80 Å². The molecular weight excluding hydrogens is 589 g/mol. The maximum absolute atomic E-state index is 13.7. The van der Waals surface area contributed by atoms with E-state index in [4.69, 9.17) is 0 Å². The van der Waals surface area contributed by atoms with E-state index in [9.17, 15) is 14.4 Å². The van der Waals surface area contributed by atoms with Crippen LogP contribution in [-0.2, 0) is 9.59 Å². The predicted molar refractivity (Wildman–Crippen MR) is 159 cm³/mol. The molecule has 1 aliphatic rings. The maximum atomic E-state index is 13.7. The van der Waals surface area contributed by atoms with Crippen LogP contribution in [0, 0.1) is 31.3 Å². The number of barbiturate groups is 1. The average molecular weight is 615 g/mol. The fourth-order valence-corrected chi connectivity index (χ4v) is 5.05. The molecular formula is C31H26IN3O3. The summed E-state index contributed by atoms with van der Waals surface area (Å²) in [5, 5.41) is 0. The lowest BCUT2D eigenvalue weighted by atomic mass is 10.0. The van der Waals surface area contributed by atoms with Crippen LogP contribution >= 0.6 is 22.6 Å². The summed E-state index contributed by atoms with van der Waals surface area (Å²) in [5.74, 6) is -1.30. The molecule has 0 spiro atoms. The summed E-state index contributed by atoms with van der Waals surface area (Å²) in [4.78, 5) is 43.2. The number of carbonyl (C=O) groups is 3. The Bertz CT molecular complexity index is 1620. The van der Waals surface area contributed by atoms with Crippen molar-refractivity contribution in [1.29, 1.82) is 0 Å². The van der Waals surface area contributed by atoms with E-state index in [1.54, 1.807) is 42.5 Å². The Kier molecular flexibility index (Phi) is 6.79. The molecule has 4 aromatic rings. The highest BCUT2D eigenvalue weighted by Gasteiger charge is 2.43. The molecule has 4 amide bonds. The van der Waals surface area contributed by atoms with Gasteiger partial charge in [-0.25, -0.2) is 14.6 Å². The fourth-order valence-electron chi connectivity index (χ4n) is 4.71. The van der Waals surface area contributed by atoms with Crippen molar-refractivity contribution in [2.24, 2.45) is 0 Å². The lowest BCUT2D eigenvalue weighted by Gasteiger charge is -2.34. The van der Waals surface area contributed by atoms with Crippen LogP contribution in [0.5, 0.6) is 0 Å². The molecule has 0 saturated carbocycles. The Hall–Kier alpha value is -3.98. The summed E-state index contributed by atoms with van der Waals surface area (Å²) in [6, 6.07) is 23.3. The van der Waals surface area contributed by atoms with Gasteiger partial charge in [-0.3, -0.25) is 9.59 Å². The van der Waals surface area contributed by atoms with E-state index in [0.29, 0.717) is 11.4 Å². The molecule has 3 aromatic carbocycles. The van der Waals surface area contributed by atoms with Crippen LogP contribution in [0.2, 0.25) is 0 Å². The quantitative estimate of drug-likeness (QED) is 0.143. The van der Waals surface area contributed by atoms with E-state index in [2.05, 4.69) is 52.3 Å². The molecule has 0 N–H and O–H groups in total. The SMILES string of the molecule is Cc1ccc(N2C(=O)/C(=C\c3cc(C)n(-c4ccc(I)c(C)c4)c3C)C(=O)N(c3ccccc3)C2=O)cc1. The van der Waals surface area contributed by atoms with Gasteiger partial charge in [0.15, 0.2) is 0 Å². The molecule has 38 heavy (non-hydrogen) atoms. The first-order valence-electron chi connectivity index (χ1n) is 12.2. The number of para-hydroxylation sites is 1. The van der Waals surface area contributed by atoms with Crippen molar-refractivity contribution in [1.82, 2.24) is 4.57 Å². The van der Waals surface area contributed by atoms with Gasteiger partial charge < -0.3 is 4.57 Å². The van der Waals surface area contributed by atoms with E-state index in [1.807, 2.05) is 45.0 Å². The van der Waals surface area contributed by atoms with Crippen molar-refractivity contribution < 1.29 is 14.4 Å². The minimum Gasteiger partial charge on any atom is -0.318 e. The number of nitrogens with zero attached hydrogens (tertiary/aromatic N) is 3. The van der Waals surface area contributed by atoms with Gasteiger partial charge in [-0.2, -0.15) is 0 Å². The molecule has 6 nitrogen and oxygen atoms in total. The van der Waals surface area contributed by atoms with Gasteiger partial charge in [0, 0.05) is 20.6 Å². The van der Waals surface area contributed by atoms with Gasteiger partial charge in [-0.05, 0) is 116 Å². The molecule has 1 saturated heterocycles. The smallest absolute Gasteiger partial charge is 0.318 e. The first-order valence-corrected chi connectivity index (χ1v) is 13.3. The number of anilines is 2. The number of amides is 4. The highest BCUT2D eigenvalue weighted by Crippen LogP contribution is 2.31. The number of aryl methyl sites for hydroxylation is 3. The molecule has 0 aliphatic carbocycles. The number of carbonyl (C=O) groups excluding carboxylic acids is 3. The van der Waals surface area contributed by atoms with E-state index < -0.39 is 17.8 Å². The van der Waals surface area contributed by atoms with Crippen molar-refractivity contribution in [3.63, 3.8) is 0 Å². The number of hydrogen-bond donors (Lipinski definition) is 0. The number of halogens is 1. The molecule has 0 bridgehead atoms. The van der Waals surface area contributed by atoms with Gasteiger partial charge in [-0.1, -0.05) is 35.9 Å². The second kappa shape index (κ2) is 10.1. The fraction of sp³-hybridized carbons (Fsp3) is 0.129. The average Bonchev–Trinajstić information content (AvgIpc) is 3.18. The Morgan fingerprint density at radius 2 is 1.26 bits per heavy atom. The first-order chi connectivity index (χ1) is 18.2. The second-order valence-corrected chi connectivity index (χ2v) is 10.6. The second-order valence-electron chi connectivity index (χ2n) is 9.39. The zero-order valence-electron chi connectivity index (χ0n) is 21.5. The Morgan fingerprint density at radius 3 is 1.87 bits per heavy atom. The molecule has 190 valence electrons. The topological polar surface area (TPSA) is 62.6 Å². The van der Waals surface area contributed by atoms with E-state index in [-0.39, 0.29) is 5.57 Å². The third kappa shape index (κ3) is 4.47. The molecule has 1 fully saturated rings. The highest BCUT2D eigenvalue weighted by atomic mass is 127. The van der Waals surface area contributed by atoms with E-state index in [1.165, 1.54) is 9.13 Å². The Morgan fingerprint density at radius 1 is 0.684 bits per heavy atom. The summed E-state index contributed by atoms with van der Waals surface area (Å²) in [6.45, 7) is 7.95. The van der Waals surface area contributed by atoms with Crippen LogP contribution in [0.25, 0.3) is 11.8 Å². The number of imide groups is 2. The third-order valence-corrected chi connectivity index (χ3v) is 7.94. The molecule has 0 atom stereocenters. The summed E-state index contributed by atoms with van der Waals surface area (Å²) >= 11 is 2.31. The maximum Gasteiger partial charge on any atom is 0.343 e. The molecule has 0 unspecified atom stereocenters. The van der Waals surface area contributed by atoms with Crippen molar-refractivity contribution in [3.8, 4) is 5.69 Å². The molecule has 0 radical (unpaired) electrons. The minimum absolute atomic E-state index is 0.0759. The first kappa shape index (κ1) is 25.7. The van der Waals surface area contributed by atoms with Gasteiger partial charge in [0.2, 0.25) is 0 Å². The molecule has 1 aliphatic heterocycles. The summed E-state index contributed by atoms with van der Waals surface area (Å²) in [7, 11) is 0. The number of aromatic nitrogens is 1. The largest absolute Gasteiger partial charge is 0.343 e. The third-order valence-electron chi connectivity index (χ3n) is 6.73. The summed E-state index contributed by atoms with van der Waals surface area (Å²) in [5.41, 5.74) is 6.50. The van der Waals surface area contributed by atoms with Crippen molar-refractivity contribution in [3.05, 3.63) is 116 Å². The Balaban J connectivity index is 1.65. The van der Waals surface area contributed by atoms with Gasteiger partial charge in [0.25, 0.3) is 11.8 Å². The van der Waals surface area contributed by atoms with Crippen molar-refractivity contribution >= 4 is 57.9 Å². The number of benzene rings is 3. The molecule has 1 aromatic heterocycles. The molecule has 5 rings (SSSR count). The molecule has 7 heteroatoms. The highest BCUT2D eigenvalue weighted by molar-refractivity contribution is 14.1. The van der Waals surface area contributed by atoms with Crippen LogP contribution in [0.4, 0.5) is 16.2 Å². The number of urea groups is 1. The van der Waals surface area contributed by atoms with Crippen molar-refractivity contribution in [2.45, 2.75) is 27.7 Å². The lowest BCUT2D eigenvalue weighted by Crippen LogP contribution is -2.57. The monoisotopic (exact) mass is 615 g/mol. The number of rotatable bonds is 4. The van der Waals surface area contributed by atoms with Crippen LogP contribution in [-0.4, -0.2) is 22.4 Å². The van der Waals surface area contributed by atoms with Gasteiger partial charge in [0.05, 0.1) is 11.4 Å². The van der Waals surface area contributed by atoms with Crippen LogP contribution in [0.15, 0.2) is 84.4 Å². The predicted octanol–water partition coefficient (Wildman–Crippen LogP) is 6.90. The lowest BCUT2D eigenvalue weighted by molar-refractivity contribution is -0.121.